The summed E-state index contributed by atoms with van der Waals surface area (Å²) < 4.78 is 5.80. The van der Waals surface area contributed by atoms with Gasteiger partial charge < -0.3 is 14.6 Å². The van der Waals surface area contributed by atoms with Crippen LogP contribution in [0.3, 0.4) is 0 Å². The third-order valence-electron chi connectivity index (χ3n) is 2.64. The molecule has 6 heteroatoms. The lowest BCUT2D eigenvalue weighted by molar-refractivity contribution is -0.0737. The largest absolute Gasteiger partial charge is 0.367 e. The Hall–Kier alpha value is -1.07. The van der Waals surface area contributed by atoms with E-state index in [1.165, 1.54) is 6.20 Å². The molecule has 1 N–H and O–H groups in total. The van der Waals surface area contributed by atoms with Gasteiger partial charge in [0.2, 0.25) is 0 Å². The molecule has 0 aliphatic carbocycles. The molecule has 1 unspecified atom stereocenters. The summed E-state index contributed by atoms with van der Waals surface area (Å²) in [6.45, 7) is 5.18. The van der Waals surface area contributed by atoms with E-state index in [9.17, 15) is 4.79 Å². The quantitative estimate of drug-likeness (QED) is 0.803. The van der Waals surface area contributed by atoms with Crippen LogP contribution in [0, 0.1) is 0 Å². The third-order valence-corrected chi connectivity index (χ3v) is 2.99. The summed E-state index contributed by atoms with van der Waals surface area (Å²) in [6, 6.07) is 0. The highest BCUT2D eigenvalue weighted by atomic mass is 35.5. The minimum Gasteiger partial charge on any atom is -0.367 e. The minimum absolute atomic E-state index is 0.0816. The van der Waals surface area contributed by atoms with Crippen LogP contribution in [0.25, 0.3) is 0 Å². The number of hydrogen-bond donors (Lipinski definition) is 1. The van der Waals surface area contributed by atoms with Gasteiger partial charge in [-0.1, -0.05) is 0 Å². The number of H-pyrrole nitrogens is 1. The minimum atomic E-state index is -0.332. The molecule has 0 saturated carbocycles. The first-order chi connectivity index (χ1) is 8.02. The molecule has 2 rings (SSSR count). The molecule has 0 bridgehead atoms. The van der Waals surface area contributed by atoms with E-state index in [4.69, 9.17) is 16.3 Å². The number of morpholine rings is 1. The van der Waals surface area contributed by atoms with Gasteiger partial charge in [0.05, 0.1) is 17.6 Å². The molecule has 0 aromatic carbocycles. The monoisotopic (exact) mass is 257 g/mol. The van der Waals surface area contributed by atoms with Crippen molar-refractivity contribution in [1.82, 2.24) is 9.97 Å². The summed E-state index contributed by atoms with van der Waals surface area (Å²) in [5.74, 6) is 0.837. The molecule has 1 aromatic heterocycles. The van der Waals surface area contributed by atoms with Crippen molar-refractivity contribution in [2.24, 2.45) is 0 Å². The van der Waals surface area contributed by atoms with E-state index in [0.717, 1.165) is 0 Å². The van der Waals surface area contributed by atoms with E-state index >= 15 is 0 Å². The van der Waals surface area contributed by atoms with Gasteiger partial charge in [-0.3, -0.25) is 4.79 Å². The Labute approximate surface area is 105 Å². The number of nitrogens with zero attached hydrogens (tertiary/aromatic N) is 2. The smallest absolute Gasteiger partial charge is 0.290 e. The summed E-state index contributed by atoms with van der Waals surface area (Å²) in [6.07, 6.45) is 3.02. The molecule has 1 aromatic rings. The van der Waals surface area contributed by atoms with Crippen LogP contribution in [0.5, 0.6) is 0 Å². The van der Waals surface area contributed by atoms with Crippen LogP contribution in [0.4, 0.5) is 5.82 Å². The summed E-state index contributed by atoms with van der Waals surface area (Å²) >= 11 is 5.84. The van der Waals surface area contributed by atoms with Crippen LogP contribution >= 0.6 is 11.6 Å². The highest BCUT2D eigenvalue weighted by Crippen LogP contribution is 2.23. The van der Waals surface area contributed by atoms with Gasteiger partial charge in [0.15, 0.2) is 5.82 Å². The second-order valence-corrected chi connectivity index (χ2v) is 5.08. The summed E-state index contributed by atoms with van der Waals surface area (Å²) in [7, 11) is 0. The van der Waals surface area contributed by atoms with Gasteiger partial charge >= 0.3 is 0 Å². The molecular weight excluding hydrogens is 242 g/mol. The lowest BCUT2D eigenvalue weighted by Crippen LogP contribution is -2.54. The Balaban J connectivity index is 2.27. The van der Waals surface area contributed by atoms with Gasteiger partial charge in [0.1, 0.15) is 0 Å². The average Bonchev–Trinajstić information content (AvgIpc) is 2.27. The molecule has 17 heavy (non-hydrogen) atoms. The standard InChI is InChI=1S/C11H16ClN3O2/c1-11(2)7-15(6-8(5-12)17-11)9-10(16)14-4-3-13-9/h3-4,8H,5-7H2,1-2H3,(H,14,16). The fourth-order valence-electron chi connectivity index (χ4n) is 2.11. The number of ether oxygens (including phenoxy) is 1. The van der Waals surface area contributed by atoms with E-state index in [2.05, 4.69) is 9.97 Å². The van der Waals surface area contributed by atoms with E-state index < -0.39 is 0 Å². The maximum atomic E-state index is 11.7. The molecular formula is C11H16ClN3O2. The Morgan fingerprint density at radius 2 is 2.47 bits per heavy atom. The molecule has 5 nitrogen and oxygen atoms in total. The predicted octanol–water partition coefficient (Wildman–Crippen LogP) is 0.992. The van der Waals surface area contributed by atoms with Crippen molar-refractivity contribution in [1.29, 1.82) is 0 Å². The van der Waals surface area contributed by atoms with Crippen LogP contribution in [0.1, 0.15) is 13.8 Å². The van der Waals surface area contributed by atoms with Crippen molar-refractivity contribution >= 4 is 17.4 Å². The van der Waals surface area contributed by atoms with Crippen molar-refractivity contribution in [3.05, 3.63) is 22.7 Å². The Bertz CT molecular complexity index is 446. The third kappa shape index (κ3) is 2.79. The Morgan fingerprint density at radius 1 is 1.71 bits per heavy atom. The van der Waals surface area contributed by atoms with Crippen LogP contribution in [0.2, 0.25) is 0 Å². The summed E-state index contributed by atoms with van der Waals surface area (Å²) in [5.41, 5.74) is -0.514. The van der Waals surface area contributed by atoms with Gasteiger partial charge in [0.25, 0.3) is 5.56 Å². The van der Waals surface area contributed by atoms with Crippen LogP contribution in [-0.2, 0) is 4.74 Å². The molecule has 0 amide bonds. The SMILES string of the molecule is CC1(C)CN(c2ncc[nH]c2=O)CC(CCl)O1. The number of hydrogen-bond acceptors (Lipinski definition) is 4. The number of nitrogens with one attached hydrogen (secondary N) is 1. The zero-order valence-corrected chi connectivity index (χ0v) is 10.7. The molecule has 1 fully saturated rings. The van der Waals surface area contributed by atoms with Crippen LogP contribution in [-0.4, -0.2) is 40.6 Å². The maximum Gasteiger partial charge on any atom is 0.290 e. The summed E-state index contributed by atoms with van der Waals surface area (Å²) in [5, 5.41) is 0. The van der Waals surface area contributed by atoms with E-state index in [-0.39, 0.29) is 17.3 Å². The maximum absolute atomic E-state index is 11.7. The molecule has 0 radical (unpaired) electrons. The Morgan fingerprint density at radius 3 is 3.12 bits per heavy atom. The first kappa shape index (κ1) is 12.4. The van der Waals surface area contributed by atoms with Crippen molar-refractivity contribution in [2.75, 3.05) is 23.9 Å². The second kappa shape index (κ2) is 4.66. The topological polar surface area (TPSA) is 58.2 Å². The molecule has 1 aliphatic rings. The number of rotatable bonds is 2. The zero-order valence-electron chi connectivity index (χ0n) is 9.94. The van der Waals surface area contributed by atoms with Gasteiger partial charge in [-0.2, -0.15) is 0 Å². The first-order valence-electron chi connectivity index (χ1n) is 5.54. The molecule has 1 atom stereocenters. The van der Waals surface area contributed by atoms with Crippen LogP contribution < -0.4 is 10.5 Å². The highest BCUT2D eigenvalue weighted by molar-refractivity contribution is 6.18. The predicted molar refractivity (Wildman–Crippen MR) is 66.7 cm³/mol. The average molecular weight is 258 g/mol. The molecule has 0 spiro atoms. The van der Waals surface area contributed by atoms with Gasteiger partial charge in [0, 0.05) is 25.5 Å². The van der Waals surface area contributed by atoms with E-state index in [1.54, 1.807) is 6.20 Å². The molecule has 2 heterocycles. The number of halogens is 1. The number of anilines is 1. The summed E-state index contributed by atoms with van der Waals surface area (Å²) in [4.78, 5) is 20.4. The fourth-order valence-corrected chi connectivity index (χ4v) is 2.27. The lowest BCUT2D eigenvalue weighted by atomic mass is 10.1. The number of aromatic amines is 1. The van der Waals surface area contributed by atoms with Gasteiger partial charge in [-0.15, -0.1) is 11.6 Å². The van der Waals surface area contributed by atoms with E-state index in [0.29, 0.717) is 24.8 Å². The number of aromatic nitrogens is 2. The molecule has 94 valence electrons. The van der Waals surface area contributed by atoms with Gasteiger partial charge in [-0.05, 0) is 13.8 Å². The zero-order chi connectivity index (χ0) is 12.5. The van der Waals surface area contributed by atoms with Crippen molar-refractivity contribution < 1.29 is 4.74 Å². The molecule has 1 aliphatic heterocycles. The van der Waals surface area contributed by atoms with Gasteiger partial charge in [-0.25, -0.2) is 4.98 Å². The highest BCUT2D eigenvalue weighted by Gasteiger charge is 2.34. The molecule has 1 saturated heterocycles. The first-order valence-corrected chi connectivity index (χ1v) is 6.08. The lowest BCUT2D eigenvalue weighted by Gasteiger charge is -2.42. The van der Waals surface area contributed by atoms with Crippen molar-refractivity contribution in [3.8, 4) is 0 Å². The number of alkyl halides is 1. The van der Waals surface area contributed by atoms with E-state index in [1.807, 2.05) is 18.7 Å². The van der Waals surface area contributed by atoms with Crippen molar-refractivity contribution in [3.63, 3.8) is 0 Å². The fraction of sp³-hybridized carbons (Fsp3) is 0.636. The normalized spacial score (nSPS) is 23.7. The Kier molecular flexibility index (Phi) is 3.40. The van der Waals surface area contributed by atoms with Crippen molar-refractivity contribution in [2.45, 2.75) is 25.6 Å². The second-order valence-electron chi connectivity index (χ2n) is 4.78. The van der Waals surface area contributed by atoms with Crippen LogP contribution in [0.15, 0.2) is 17.2 Å².